The van der Waals surface area contributed by atoms with E-state index in [-0.39, 0.29) is 23.4 Å². The molecule has 174 valence electrons. The highest BCUT2D eigenvalue weighted by atomic mass is 35.5. The number of rotatable bonds is 6. The Balaban J connectivity index is 0.000000592. The standard InChI is InChI=1S/C17H23ClFN3O2.C2HF3O2/c1-2-3-8-22(12-16(23)21-9-6-20-7-10-21)17(24)13-4-5-15(19)14(18)11-13;3-2(4,5)1(6)7/h4-5,11,20H,2-3,6-10,12H2,1H3;(H,6,7). The maximum Gasteiger partial charge on any atom is 0.490 e. The predicted molar refractivity (Wildman–Crippen MR) is 105 cm³/mol. The van der Waals surface area contributed by atoms with Crippen LogP contribution in [0.4, 0.5) is 17.6 Å². The van der Waals surface area contributed by atoms with Gasteiger partial charge in [0.15, 0.2) is 0 Å². The second kappa shape index (κ2) is 12.5. The quantitative estimate of drug-likeness (QED) is 0.625. The zero-order valence-corrected chi connectivity index (χ0v) is 17.6. The summed E-state index contributed by atoms with van der Waals surface area (Å²) in [6.07, 6.45) is -3.37. The number of nitrogens with zero attached hydrogens (tertiary/aromatic N) is 2. The van der Waals surface area contributed by atoms with Gasteiger partial charge in [-0.1, -0.05) is 24.9 Å². The highest BCUT2D eigenvalue weighted by Crippen LogP contribution is 2.18. The van der Waals surface area contributed by atoms with Gasteiger partial charge < -0.3 is 20.2 Å². The fourth-order valence-corrected chi connectivity index (χ4v) is 2.77. The van der Waals surface area contributed by atoms with Gasteiger partial charge in [-0.3, -0.25) is 9.59 Å². The summed E-state index contributed by atoms with van der Waals surface area (Å²) in [6, 6.07) is 3.89. The molecular weight excluding hydrogens is 446 g/mol. The summed E-state index contributed by atoms with van der Waals surface area (Å²) < 4.78 is 45.0. The SMILES string of the molecule is CCCCN(CC(=O)N1CCNCC1)C(=O)c1ccc(F)c(Cl)c1.O=C(O)C(F)(F)F. The van der Waals surface area contributed by atoms with Gasteiger partial charge in [0.25, 0.3) is 5.91 Å². The molecule has 1 aromatic carbocycles. The Labute approximate surface area is 181 Å². The van der Waals surface area contributed by atoms with E-state index >= 15 is 0 Å². The molecule has 0 saturated carbocycles. The summed E-state index contributed by atoms with van der Waals surface area (Å²) in [6.45, 7) is 5.38. The summed E-state index contributed by atoms with van der Waals surface area (Å²) in [5.74, 6) is -3.68. The molecule has 0 unspecified atom stereocenters. The van der Waals surface area contributed by atoms with Crippen LogP contribution in [0.2, 0.25) is 5.02 Å². The van der Waals surface area contributed by atoms with Crippen molar-refractivity contribution in [3.8, 4) is 0 Å². The number of nitrogens with one attached hydrogen (secondary N) is 1. The van der Waals surface area contributed by atoms with Crippen LogP contribution in [-0.4, -0.2) is 78.1 Å². The Hall–Kier alpha value is -2.40. The molecule has 31 heavy (non-hydrogen) atoms. The monoisotopic (exact) mass is 469 g/mol. The molecule has 1 aliphatic rings. The van der Waals surface area contributed by atoms with Crippen LogP contribution in [0.15, 0.2) is 18.2 Å². The number of hydrogen-bond donors (Lipinski definition) is 2. The lowest BCUT2D eigenvalue weighted by Crippen LogP contribution is -2.50. The number of carboxylic acids is 1. The van der Waals surface area contributed by atoms with Crippen molar-refractivity contribution >= 4 is 29.4 Å². The minimum absolute atomic E-state index is 0.0355. The topological polar surface area (TPSA) is 90.0 Å². The first-order valence-corrected chi connectivity index (χ1v) is 9.88. The number of carbonyl (C=O) groups excluding carboxylic acids is 2. The summed E-state index contributed by atoms with van der Waals surface area (Å²) in [5, 5.41) is 10.2. The van der Waals surface area contributed by atoms with Crippen molar-refractivity contribution < 1.29 is 37.1 Å². The molecule has 1 aliphatic heterocycles. The third-order valence-corrected chi connectivity index (χ3v) is 4.56. The highest BCUT2D eigenvalue weighted by Gasteiger charge is 2.38. The lowest BCUT2D eigenvalue weighted by molar-refractivity contribution is -0.192. The van der Waals surface area contributed by atoms with Crippen molar-refractivity contribution in [3.05, 3.63) is 34.6 Å². The number of aliphatic carboxylic acids is 1. The normalized spacial score (nSPS) is 13.8. The maximum atomic E-state index is 13.3. The van der Waals surface area contributed by atoms with Crippen LogP contribution < -0.4 is 5.32 Å². The van der Waals surface area contributed by atoms with Crippen molar-refractivity contribution in [2.24, 2.45) is 0 Å². The highest BCUT2D eigenvalue weighted by molar-refractivity contribution is 6.31. The van der Waals surface area contributed by atoms with E-state index in [4.69, 9.17) is 21.5 Å². The van der Waals surface area contributed by atoms with E-state index in [1.807, 2.05) is 6.92 Å². The Kier molecular flexibility index (Phi) is 10.7. The number of piperazine rings is 1. The molecule has 0 bridgehead atoms. The fraction of sp³-hybridized carbons (Fsp3) is 0.526. The number of carboxylic acid groups (broad SMARTS) is 1. The second-order valence-electron chi connectivity index (χ2n) is 6.64. The molecule has 12 heteroatoms. The van der Waals surface area contributed by atoms with E-state index < -0.39 is 18.0 Å². The van der Waals surface area contributed by atoms with E-state index in [0.717, 1.165) is 25.9 Å². The molecule has 0 aromatic heterocycles. The van der Waals surface area contributed by atoms with Crippen molar-refractivity contribution in [3.63, 3.8) is 0 Å². The van der Waals surface area contributed by atoms with Crippen LogP contribution in [0.25, 0.3) is 0 Å². The lowest BCUT2D eigenvalue weighted by Gasteiger charge is -2.30. The second-order valence-corrected chi connectivity index (χ2v) is 7.05. The molecule has 1 fully saturated rings. The molecule has 2 amide bonds. The third kappa shape index (κ3) is 9.09. The Morgan fingerprint density at radius 2 is 1.81 bits per heavy atom. The van der Waals surface area contributed by atoms with Crippen LogP contribution in [0.3, 0.4) is 0 Å². The average molecular weight is 470 g/mol. The van der Waals surface area contributed by atoms with Crippen molar-refractivity contribution in [1.29, 1.82) is 0 Å². The van der Waals surface area contributed by atoms with Crippen molar-refractivity contribution in [2.75, 3.05) is 39.3 Å². The number of alkyl halides is 3. The van der Waals surface area contributed by atoms with Gasteiger partial charge in [0, 0.05) is 38.3 Å². The van der Waals surface area contributed by atoms with Crippen LogP contribution in [0.5, 0.6) is 0 Å². The number of amides is 2. The van der Waals surface area contributed by atoms with E-state index in [1.165, 1.54) is 23.1 Å². The number of carbonyl (C=O) groups is 3. The minimum atomic E-state index is -5.08. The van der Waals surface area contributed by atoms with Crippen molar-refractivity contribution in [2.45, 2.75) is 25.9 Å². The Bertz CT molecular complexity index is 771. The lowest BCUT2D eigenvalue weighted by atomic mass is 10.1. The van der Waals surface area contributed by atoms with Gasteiger partial charge in [-0.05, 0) is 24.6 Å². The summed E-state index contributed by atoms with van der Waals surface area (Å²) in [5.41, 5.74) is 0.297. The first kappa shape index (κ1) is 26.6. The molecule has 2 rings (SSSR count). The molecule has 2 N–H and O–H groups in total. The van der Waals surface area contributed by atoms with Crippen LogP contribution in [0, 0.1) is 5.82 Å². The van der Waals surface area contributed by atoms with Gasteiger partial charge in [0.05, 0.1) is 5.02 Å². The molecule has 0 radical (unpaired) electrons. The molecule has 1 aromatic rings. The summed E-state index contributed by atoms with van der Waals surface area (Å²) >= 11 is 5.77. The van der Waals surface area contributed by atoms with Crippen molar-refractivity contribution in [1.82, 2.24) is 15.1 Å². The average Bonchev–Trinajstić information content (AvgIpc) is 2.72. The van der Waals surface area contributed by atoms with Gasteiger partial charge in [0.1, 0.15) is 12.4 Å². The van der Waals surface area contributed by atoms with Gasteiger partial charge in [0.2, 0.25) is 5.91 Å². The zero-order chi connectivity index (χ0) is 23.6. The molecule has 0 atom stereocenters. The predicted octanol–water partition coefficient (Wildman–Crippen LogP) is 2.79. The first-order chi connectivity index (χ1) is 14.5. The molecule has 0 spiro atoms. The largest absolute Gasteiger partial charge is 0.490 e. The third-order valence-electron chi connectivity index (χ3n) is 4.27. The smallest absolute Gasteiger partial charge is 0.475 e. The van der Waals surface area contributed by atoms with E-state index in [2.05, 4.69) is 5.32 Å². The molecule has 0 aliphatic carbocycles. The molecular formula is C19H24ClF4N3O4. The Morgan fingerprint density at radius 1 is 1.23 bits per heavy atom. The number of unbranched alkanes of at least 4 members (excludes halogenated alkanes) is 1. The summed E-state index contributed by atoms with van der Waals surface area (Å²) in [4.78, 5) is 37.3. The number of halogens is 5. The molecule has 7 nitrogen and oxygen atoms in total. The fourth-order valence-electron chi connectivity index (χ4n) is 2.59. The maximum absolute atomic E-state index is 13.3. The molecule has 1 saturated heterocycles. The van der Waals surface area contributed by atoms with Gasteiger partial charge >= 0.3 is 12.1 Å². The van der Waals surface area contributed by atoms with Gasteiger partial charge in [-0.2, -0.15) is 13.2 Å². The number of benzene rings is 1. The van der Waals surface area contributed by atoms with Gasteiger partial charge in [-0.15, -0.1) is 0 Å². The minimum Gasteiger partial charge on any atom is -0.475 e. The van der Waals surface area contributed by atoms with E-state index in [9.17, 15) is 27.2 Å². The first-order valence-electron chi connectivity index (χ1n) is 9.50. The Morgan fingerprint density at radius 3 is 2.29 bits per heavy atom. The van der Waals surface area contributed by atoms with Crippen LogP contribution in [-0.2, 0) is 9.59 Å². The van der Waals surface area contributed by atoms with Crippen LogP contribution in [0.1, 0.15) is 30.1 Å². The zero-order valence-electron chi connectivity index (χ0n) is 16.8. The van der Waals surface area contributed by atoms with Crippen LogP contribution >= 0.6 is 11.6 Å². The van der Waals surface area contributed by atoms with E-state index in [1.54, 1.807) is 4.90 Å². The number of hydrogen-bond acceptors (Lipinski definition) is 4. The van der Waals surface area contributed by atoms with Gasteiger partial charge in [-0.25, -0.2) is 9.18 Å². The molecule has 1 heterocycles. The van der Waals surface area contributed by atoms with E-state index in [0.29, 0.717) is 25.2 Å². The summed E-state index contributed by atoms with van der Waals surface area (Å²) in [7, 11) is 0.